The van der Waals surface area contributed by atoms with Gasteiger partial charge < -0.3 is 4.74 Å². The number of carbonyl (C=O) groups excluding carboxylic acids is 2. The minimum absolute atomic E-state index is 0.0534. The Morgan fingerprint density at radius 3 is 2.40 bits per heavy atom. The zero-order chi connectivity index (χ0) is 33.7. The normalized spacial score (nSPS) is 16.2. The number of alkyl halides is 3. The number of hydrogen-bond donors (Lipinski definition) is 0. The van der Waals surface area contributed by atoms with Crippen LogP contribution in [0.3, 0.4) is 0 Å². The van der Waals surface area contributed by atoms with E-state index < -0.39 is 29.5 Å². The molecular formula is C39H28ClF3N2O3. The van der Waals surface area contributed by atoms with Crippen molar-refractivity contribution in [3.05, 3.63) is 141 Å². The second-order valence-corrected chi connectivity index (χ2v) is 12.3. The van der Waals surface area contributed by atoms with Crippen LogP contribution in [0.5, 0.6) is 0 Å². The van der Waals surface area contributed by atoms with Crippen LogP contribution in [-0.2, 0) is 15.7 Å². The fraction of sp³-hybridized carbons (Fsp3) is 0.179. The highest BCUT2D eigenvalue weighted by Gasteiger charge is 2.39. The van der Waals surface area contributed by atoms with Gasteiger partial charge in [-0.2, -0.15) is 13.2 Å². The Labute approximate surface area is 279 Å². The number of esters is 1. The highest BCUT2D eigenvalue weighted by atomic mass is 35.5. The number of fused-ring (bicyclic) bond motifs is 5. The minimum atomic E-state index is -4.57. The molecule has 1 aliphatic carbocycles. The Morgan fingerprint density at radius 1 is 0.917 bits per heavy atom. The molecule has 1 aliphatic rings. The van der Waals surface area contributed by atoms with Gasteiger partial charge in [0.2, 0.25) is 5.82 Å². The molecule has 0 aliphatic heterocycles. The number of Topliss-reactive ketones (excluding diaryl/α,β-unsaturated/α-hetero) is 1. The fourth-order valence-electron chi connectivity index (χ4n) is 7.07. The summed E-state index contributed by atoms with van der Waals surface area (Å²) in [4.78, 5) is 35.7. The first kappa shape index (κ1) is 31.5. The standard InChI is InChI=1S/C39H28ClF3N2O3/c1-3-48-38(47)37-44-18-17-31(45-37)33-21(2)26-9-4-5-10-27(26)28-15-16-29-34(23-7-6-8-24(19-23)39(41,42)43)32(46)20-30(35(29)36(28)33)22-11-13-25(40)14-12-22/h4-19,30,34H,3,20H2,1-2H3. The van der Waals surface area contributed by atoms with E-state index in [9.17, 15) is 22.8 Å². The Hall–Kier alpha value is -5.08. The SMILES string of the molecule is CCOC(=O)c1nccc(-c2c(C)c3ccccc3c3ccc4c(c23)C(c2ccc(Cl)cc2)CC(=O)C4c2cccc(C(F)(F)F)c2)n1. The van der Waals surface area contributed by atoms with Crippen molar-refractivity contribution in [2.75, 3.05) is 6.61 Å². The van der Waals surface area contributed by atoms with E-state index in [0.29, 0.717) is 16.3 Å². The van der Waals surface area contributed by atoms with Crippen LogP contribution >= 0.6 is 11.6 Å². The number of halogens is 4. The summed E-state index contributed by atoms with van der Waals surface area (Å²) in [7, 11) is 0. The summed E-state index contributed by atoms with van der Waals surface area (Å²) >= 11 is 6.27. The van der Waals surface area contributed by atoms with Crippen molar-refractivity contribution >= 4 is 44.9 Å². The van der Waals surface area contributed by atoms with Crippen LogP contribution in [0.4, 0.5) is 13.2 Å². The average Bonchev–Trinajstić information content (AvgIpc) is 3.08. The van der Waals surface area contributed by atoms with E-state index >= 15 is 0 Å². The third kappa shape index (κ3) is 5.40. The molecule has 0 amide bonds. The molecule has 5 aromatic carbocycles. The average molecular weight is 665 g/mol. The Bertz CT molecular complexity index is 2250. The quantitative estimate of drug-likeness (QED) is 0.136. The number of hydrogen-bond acceptors (Lipinski definition) is 5. The van der Waals surface area contributed by atoms with Crippen molar-refractivity contribution in [2.24, 2.45) is 0 Å². The van der Waals surface area contributed by atoms with Crippen LogP contribution in [0, 0.1) is 6.92 Å². The molecule has 9 heteroatoms. The predicted molar refractivity (Wildman–Crippen MR) is 179 cm³/mol. The lowest BCUT2D eigenvalue weighted by atomic mass is 9.68. The molecule has 0 saturated carbocycles. The zero-order valence-corrected chi connectivity index (χ0v) is 26.7. The van der Waals surface area contributed by atoms with Gasteiger partial charge in [-0.3, -0.25) is 4.79 Å². The molecule has 0 radical (unpaired) electrons. The summed E-state index contributed by atoms with van der Waals surface area (Å²) in [5, 5.41) is 4.18. The van der Waals surface area contributed by atoms with Crippen molar-refractivity contribution in [3.8, 4) is 11.3 Å². The molecule has 6 aromatic rings. The number of ether oxygens (including phenoxy) is 1. The van der Waals surface area contributed by atoms with Gasteiger partial charge in [0.15, 0.2) is 0 Å². The summed E-state index contributed by atoms with van der Waals surface area (Å²) in [6, 6.07) is 25.8. The lowest BCUT2D eigenvalue weighted by Gasteiger charge is -2.34. The molecule has 5 nitrogen and oxygen atoms in total. The molecule has 0 fully saturated rings. The summed E-state index contributed by atoms with van der Waals surface area (Å²) in [5.74, 6) is -2.31. The predicted octanol–water partition coefficient (Wildman–Crippen LogP) is 9.84. The van der Waals surface area contributed by atoms with E-state index in [0.717, 1.165) is 55.9 Å². The minimum Gasteiger partial charge on any atom is -0.460 e. The highest BCUT2D eigenvalue weighted by Crippen LogP contribution is 2.51. The molecule has 0 bridgehead atoms. The molecule has 0 saturated heterocycles. The first-order valence-corrected chi connectivity index (χ1v) is 15.9. The number of aromatic nitrogens is 2. The van der Waals surface area contributed by atoms with Gasteiger partial charge in [0, 0.05) is 29.1 Å². The second kappa shape index (κ2) is 12.2. The monoisotopic (exact) mass is 664 g/mol. The van der Waals surface area contributed by atoms with Gasteiger partial charge in [0.05, 0.1) is 23.8 Å². The van der Waals surface area contributed by atoms with Gasteiger partial charge in [0.25, 0.3) is 0 Å². The van der Waals surface area contributed by atoms with Crippen molar-refractivity contribution in [3.63, 3.8) is 0 Å². The van der Waals surface area contributed by atoms with E-state index in [-0.39, 0.29) is 30.2 Å². The maximum Gasteiger partial charge on any atom is 0.416 e. The topological polar surface area (TPSA) is 69.2 Å². The zero-order valence-electron chi connectivity index (χ0n) is 25.9. The second-order valence-electron chi connectivity index (χ2n) is 11.9. The third-order valence-corrected chi connectivity index (χ3v) is 9.35. The Kier molecular flexibility index (Phi) is 8.00. The number of benzene rings is 5. The van der Waals surface area contributed by atoms with E-state index in [4.69, 9.17) is 16.3 Å². The van der Waals surface area contributed by atoms with Crippen molar-refractivity contribution in [2.45, 2.75) is 38.3 Å². The fourth-order valence-corrected chi connectivity index (χ4v) is 7.20. The van der Waals surface area contributed by atoms with E-state index in [1.54, 1.807) is 31.2 Å². The third-order valence-electron chi connectivity index (χ3n) is 9.10. The summed E-state index contributed by atoms with van der Waals surface area (Å²) in [6.45, 7) is 3.85. The van der Waals surface area contributed by atoms with Crippen molar-refractivity contribution in [1.82, 2.24) is 9.97 Å². The molecule has 0 spiro atoms. The number of carbonyl (C=O) groups is 2. The smallest absolute Gasteiger partial charge is 0.416 e. The van der Waals surface area contributed by atoms with Crippen molar-refractivity contribution in [1.29, 1.82) is 0 Å². The number of nitrogens with zero attached hydrogens (tertiary/aromatic N) is 2. The van der Waals surface area contributed by atoms with Crippen LogP contribution in [0.25, 0.3) is 32.8 Å². The Balaban J connectivity index is 1.61. The molecule has 1 aromatic heterocycles. The van der Waals surface area contributed by atoms with Gasteiger partial charge in [0.1, 0.15) is 5.78 Å². The number of aryl methyl sites for hydroxylation is 1. The van der Waals surface area contributed by atoms with E-state index in [2.05, 4.69) is 9.97 Å². The lowest BCUT2D eigenvalue weighted by Crippen LogP contribution is -2.26. The Morgan fingerprint density at radius 2 is 1.67 bits per heavy atom. The first-order chi connectivity index (χ1) is 23.1. The van der Waals surface area contributed by atoms with Crippen LogP contribution < -0.4 is 0 Å². The summed E-state index contributed by atoms with van der Waals surface area (Å²) in [6.07, 6.45) is -3.01. The van der Waals surface area contributed by atoms with Crippen LogP contribution in [0.15, 0.2) is 97.2 Å². The summed E-state index contributed by atoms with van der Waals surface area (Å²) in [5.41, 5.74) is 3.85. The largest absolute Gasteiger partial charge is 0.460 e. The number of rotatable bonds is 5. The van der Waals surface area contributed by atoms with Crippen molar-refractivity contribution < 1.29 is 27.5 Å². The molecule has 7 rings (SSSR count). The van der Waals surface area contributed by atoms with E-state index in [1.807, 2.05) is 55.5 Å². The molecule has 0 N–H and O–H groups in total. The van der Waals surface area contributed by atoms with Gasteiger partial charge in [-0.15, -0.1) is 0 Å². The maximum atomic E-state index is 14.1. The molecular weight excluding hydrogens is 637 g/mol. The molecule has 48 heavy (non-hydrogen) atoms. The maximum absolute atomic E-state index is 14.1. The number of ketones is 1. The lowest BCUT2D eigenvalue weighted by molar-refractivity contribution is -0.137. The first-order valence-electron chi connectivity index (χ1n) is 15.5. The van der Waals surface area contributed by atoms with Crippen LogP contribution in [0.2, 0.25) is 5.02 Å². The molecule has 2 atom stereocenters. The molecule has 240 valence electrons. The van der Waals surface area contributed by atoms with Crippen LogP contribution in [0.1, 0.15) is 69.2 Å². The van der Waals surface area contributed by atoms with Gasteiger partial charge in [-0.05, 0) is 87.5 Å². The van der Waals surface area contributed by atoms with E-state index in [1.165, 1.54) is 12.3 Å². The molecule has 2 unspecified atom stereocenters. The van der Waals surface area contributed by atoms with Crippen LogP contribution in [-0.4, -0.2) is 28.3 Å². The van der Waals surface area contributed by atoms with Gasteiger partial charge in [-0.25, -0.2) is 14.8 Å². The summed E-state index contributed by atoms with van der Waals surface area (Å²) < 4.78 is 46.8. The molecule has 1 heterocycles. The van der Waals surface area contributed by atoms with Gasteiger partial charge in [-0.1, -0.05) is 78.3 Å². The van der Waals surface area contributed by atoms with Gasteiger partial charge >= 0.3 is 12.1 Å². The highest BCUT2D eigenvalue weighted by molar-refractivity contribution is 6.30.